The Morgan fingerprint density at radius 3 is 2.68 bits per heavy atom. The van der Waals surface area contributed by atoms with Gasteiger partial charge in [-0.25, -0.2) is 15.0 Å². The molecule has 0 fully saturated rings. The van der Waals surface area contributed by atoms with Crippen molar-refractivity contribution in [3.8, 4) is 11.5 Å². The van der Waals surface area contributed by atoms with Gasteiger partial charge in [-0.2, -0.15) is 0 Å². The van der Waals surface area contributed by atoms with Crippen molar-refractivity contribution in [2.45, 2.75) is 39.7 Å². The fourth-order valence-corrected chi connectivity index (χ4v) is 2.27. The molecule has 5 heteroatoms. The lowest BCUT2D eigenvalue weighted by molar-refractivity contribution is 0.682. The lowest BCUT2D eigenvalue weighted by Crippen LogP contribution is -2.08. The van der Waals surface area contributed by atoms with Gasteiger partial charge in [0, 0.05) is 31.5 Å². The maximum Gasteiger partial charge on any atom is 0.159 e. The minimum Gasteiger partial charge on any atom is -0.373 e. The summed E-state index contributed by atoms with van der Waals surface area (Å²) < 4.78 is 2.15. The first-order chi connectivity index (χ1) is 9.19. The number of aromatic nitrogens is 4. The van der Waals surface area contributed by atoms with Crippen LogP contribution in [-0.2, 0) is 6.54 Å². The number of nitrogens with one attached hydrogen (secondary N) is 1. The summed E-state index contributed by atoms with van der Waals surface area (Å²) in [6.07, 6.45) is 6.50. The van der Waals surface area contributed by atoms with Crippen molar-refractivity contribution >= 4 is 5.82 Å². The Labute approximate surface area is 114 Å². The van der Waals surface area contributed by atoms with E-state index in [4.69, 9.17) is 0 Å². The topological polar surface area (TPSA) is 55.6 Å². The Balaban J connectivity index is 2.58. The third kappa shape index (κ3) is 2.59. The summed E-state index contributed by atoms with van der Waals surface area (Å²) in [7, 11) is 1.89. The Kier molecular flexibility index (Phi) is 4.14. The highest BCUT2D eigenvalue weighted by molar-refractivity contribution is 5.64. The van der Waals surface area contributed by atoms with Crippen molar-refractivity contribution in [1.29, 1.82) is 0 Å². The number of imidazole rings is 1. The van der Waals surface area contributed by atoms with Crippen molar-refractivity contribution in [3.05, 3.63) is 24.3 Å². The first-order valence-corrected chi connectivity index (χ1v) is 6.73. The van der Waals surface area contributed by atoms with Gasteiger partial charge < -0.3 is 9.88 Å². The van der Waals surface area contributed by atoms with E-state index < -0.39 is 0 Å². The molecular weight excluding hydrogens is 238 g/mol. The van der Waals surface area contributed by atoms with Gasteiger partial charge in [0.25, 0.3) is 0 Å². The highest BCUT2D eigenvalue weighted by Gasteiger charge is 2.18. The van der Waals surface area contributed by atoms with E-state index in [1.165, 1.54) is 0 Å². The van der Waals surface area contributed by atoms with Crippen LogP contribution in [0.25, 0.3) is 11.5 Å². The second-order valence-electron chi connectivity index (χ2n) is 4.83. The molecule has 0 spiro atoms. The van der Waals surface area contributed by atoms with E-state index in [-0.39, 0.29) is 0 Å². The Bertz CT molecular complexity index is 545. The van der Waals surface area contributed by atoms with Crippen molar-refractivity contribution in [1.82, 2.24) is 19.5 Å². The van der Waals surface area contributed by atoms with Crippen LogP contribution in [0.3, 0.4) is 0 Å². The zero-order valence-electron chi connectivity index (χ0n) is 12.0. The fraction of sp³-hybridized carbons (Fsp3) is 0.500. The maximum atomic E-state index is 4.47. The number of hydrogen-bond acceptors (Lipinski definition) is 4. The van der Waals surface area contributed by atoms with Crippen molar-refractivity contribution in [2.24, 2.45) is 0 Å². The quantitative estimate of drug-likeness (QED) is 0.897. The zero-order valence-corrected chi connectivity index (χ0v) is 12.0. The van der Waals surface area contributed by atoms with E-state index >= 15 is 0 Å². The van der Waals surface area contributed by atoms with Gasteiger partial charge in [-0.15, -0.1) is 0 Å². The molecule has 0 bridgehead atoms. The van der Waals surface area contributed by atoms with Crippen LogP contribution in [0.15, 0.2) is 18.7 Å². The lowest BCUT2D eigenvalue weighted by atomic mass is 10.0. The molecule has 0 atom stereocenters. The molecule has 2 aromatic rings. The number of hydrogen-bond donors (Lipinski definition) is 1. The highest BCUT2D eigenvalue weighted by atomic mass is 15.1. The monoisotopic (exact) mass is 259 g/mol. The minimum atomic E-state index is 0.338. The van der Waals surface area contributed by atoms with E-state index in [2.05, 4.69) is 45.6 Å². The summed E-state index contributed by atoms with van der Waals surface area (Å²) in [5.74, 6) is 2.14. The summed E-state index contributed by atoms with van der Waals surface area (Å²) in [5, 5.41) is 3.14. The molecule has 0 saturated carbocycles. The maximum absolute atomic E-state index is 4.47. The molecule has 2 rings (SSSR count). The summed E-state index contributed by atoms with van der Waals surface area (Å²) in [6, 6.07) is 0. The van der Waals surface area contributed by atoms with Gasteiger partial charge >= 0.3 is 0 Å². The molecule has 19 heavy (non-hydrogen) atoms. The summed E-state index contributed by atoms with van der Waals surface area (Å²) in [5.41, 5.74) is 2.04. The van der Waals surface area contributed by atoms with E-state index in [0.717, 1.165) is 35.9 Å². The van der Waals surface area contributed by atoms with Crippen LogP contribution in [0.2, 0.25) is 0 Å². The predicted molar refractivity (Wildman–Crippen MR) is 77.2 cm³/mol. The number of rotatable bonds is 5. The van der Waals surface area contributed by atoms with Crippen LogP contribution in [0, 0.1) is 0 Å². The molecule has 1 N–H and O–H groups in total. The molecule has 5 nitrogen and oxygen atoms in total. The first-order valence-electron chi connectivity index (χ1n) is 6.73. The third-order valence-corrected chi connectivity index (χ3v) is 3.09. The average molecular weight is 259 g/mol. The van der Waals surface area contributed by atoms with Gasteiger partial charge in [0.05, 0.1) is 0 Å². The predicted octanol–water partition coefficient (Wildman–Crippen LogP) is 2.92. The third-order valence-electron chi connectivity index (χ3n) is 3.09. The van der Waals surface area contributed by atoms with Crippen LogP contribution < -0.4 is 5.32 Å². The van der Waals surface area contributed by atoms with Crippen molar-refractivity contribution in [3.63, 3.8) is 0 Å². The zero-order chi connectivity index (χ0) is 13.8. The molecule has 0 amide bonds. The molecule has 0 unspecified atom stereocenters. The summed E-state index contributed by atoms with van der Waals surface area (Å²) in [6.45, 7) is 7.41. The smallest absolute Gasteiger partial charge is 0.159 e. The van der Waals surface area contributed by atoms with Crippen LogP contribution in [0.1, 0.15) is 38.7 Å². The van der Waals surface area contributed by atoms with Crippen LogP contribution in [0.4, 0.5) is 5.82 Å². The SMILES string of the molecule is CCCn1ccnc1-c1ncnc(NC)c1C(C)C. The number of anilines is 1. The molecule has 0 aromatic carbocycles. The Hall–Kier alpha value is -1.91. The van der Waals surface area contributed by atoms with Gasteiger partial charge in [-0.05, 0) is 12.3 Å². The summed E-state index contributed by atoms with van der Waals surface area (Å²) >= 11 is 0. The van der Waals surface area contributed by atoms with Gasteiger partial charge in [-0.3, -0.25) is 0 Å². The largest absolute Gasteiger partial charge is 0.373 e. The van der Waals surface area contributed by atoms with Gasteiger partial charge in [-0.1, -0.05) is 20.8 Å². The molecule has 2 aromatic heterocycles. The van der Waals surface area contributed by atoms with Crippen LogP contribution in [0.5, 0.6) is 0 Å². The Morgan fingerprint density at radius 1 is 1.26 bits per heavy atom. The number of aryl methyl sites for hydroxylation is 1. The van der Waals surface area contributed by atoms with E-state index in [9.17, 15) is 0 Å². The standard InChI is InChI=1S/C14H21N5/c1-5-7-19-8-6-16-14(19)12-11(10(2)3)13(15-4)18-9-17-12/h6,8-10H,5,7H2,1-4H3,(H,15,17,18). The molecule has 0 aliphatic rings. The molecule has 0 radical (unpaired) electrons. The molecule has 0 aliphatic carbocycles. The van der Waals surface area contributed by atoms with Crippen molar-refractivity contribution in [2.75, 3.05) is 12.4 Å². The second-order valence-corrected chi connectivity index (χ2v) is 4.83. The van der Waals surface area contributed by atoms with Crippen molar-refractivity contribution < 1.29 is 0 Å². The molecule has 0 aliphatic heterocycles. The minimum absolute atomic E-state index is 0.338. The number of nitrogens with zero attached hydrogens (tertiary/aromatic N) is 4. The van der Waals surface area contributed by atoms with E-state index in [0.29, 0.717) is 5.92 Å². The van der Waals surface area contributed by atoms with Crippen LogP contribution >= 0.6 is 0 Å². The lowest BCUT2D eigenvalue weighted by Gasteiger charge is -2.16. The molecule has 2 heterocycles. The normalized spacial score (nSPS) is 11.0. The van der Waals surface area contributed by atoms with Gasteiger partial charge in [0.1, 0.15) is 17.8 Å². The highest BCUT2D eigenvalue weighted by Crippen LogP contribution is 2.30. The van der Waals surface area contributed by atoms with E-state index in [1.54, 1.807) is 6.33 Å². The molecular formula is C14H21N5. The first kappa shape index (κ1) is 13.5. The molecule has 0 saturated heterocycles. The average Bonchev–Trinajstić information content (AvgIpc) is 2.86. The van der Waals surface area contributed by atoms with E-state index in [1.807, 2.05) is 19.4 Å². The van der Waals surface area contributed by atoms with Crippen LogP contribution in [-0.4, -0.2) is 26.6 Å². The summed E-state index contributed by atoms with van der Waals surface area (Å²) in [4.78, 5) is 13.2. The second kappa shape index (κ2) is 5.82. The van der Waals surface area contributed by atoms with Gasteiger partial charge in [0.2, 0.25) is 0 Å². The van der Waals surface area contributed by atoms with Gasteiger partial charge in [0.15, 0.2) is 5.82 Å². The Morgan fingerprint density at radius 2 is 2.05 bits per heavy atom. The fourth-order valence-electron chi connectivity index (χ4n) is 2.27. The molecule has 102 valence electrons.